The molecule has 8 heterocycles. The largest absolute Gasteiger partial charge is 0.458 e. The van der Waals surface area contributed by atoms with Gasteiger partial charge in [0.1, 0.15) is 23.0 Å². The molecule has 0 saturated carbocycles. The molecule has 0 bridgehead atoms. The van der Waals surface area contributed by atoms with Gasteiger partial charge in [-0.1, -0.05) is 115 Å². The van der Waals surface area contributed by atoms with E-state index in [2.05, 4.69) is 270 Å². The molecule has 392 valence electrons. The molecule has 12 heteroatoms. The second-order valence-electron chi connectivity index (χ2n) is 23.0. The lowest BCUT2D eigenvalue weighted by atomic mass is 9.30. The van der Waals surface area contributed by atoms with E-state index in [0.29, 0.717) is 0 Å². The molecule has 0 radical (unpaired) electrons. The number of anilines is 13. The topological polar surface area (TPSA) is 52.2 Å². The first-order valence-corrected chi connectivity index (χ1v) is 30.4. The zero-order chi connectivity index (χ0) is 55.1. The standard InChI is InChI=1S/C72H46B3N5O2S2/c1-41-31-54-66-58(32-41)78(45-21-9-4-10-22-45)56-39-55-50(37-51(56)74(66)71-69(77-54)48-27-15-17-29-64(48)83-71)73-53-38-52-57(40-61(53)81-63-36-44(76-43-19-7-3-8-20-43)35-60(67(63)73)79(55)46-23-11-5-12-24-46)80(47-25-13-6-14-26-47)59-33-42(2)34-62-68(59)75(52)72-70(82-62)49-28-16-18-30-65(49)84-72/h3-40,76-77H,1-2H3. The van der Waals surface area contributed by atoms with Gasteiger partial charge in [0.2, 0.25) is 0 Å². The molecule has 6 aliphatic heterocycles. The van der Waals surface area contributed by atoms with E-state index >= 15 is 0 Å². The van der Waals surface area contributed by atoms with E-state index in [4.69, 9.17) is 9.47 Å². The van der Waals surface area contributed by atoms with Crippen LogP contribution in [0.15, 0.2) is 231 Å². The molecule has 2 N–H and O–H groups in total. The Morgan fingerprint density at radius 2 is 0.881 bits per heavy atom. The summed E-state index contributed by atoms with van der Waals surface area (Å²) in [4.78, 5) is 7.49. The zero-order valence-corrected chi connectivity index (χ0v) is 47.3. The molecule has 13 aromatic rings. The van der Waals surface area contributed by atoms with Crippen LogP contribution in [0, 0.1) is 13.8 Å². The van der Waals surface area contributed by atoms with Gasteiger partial charge in [0.25, 0.3) is 20.1 Å². The third-order valence-corrected chi connectivity index (χ3v) is 20.6. The summed E-state index contributed by atoms with van der Waals surface area (Å²) < 4.78 is 19.9. The van der Waals surface area contributed by atoms with Crippen LogP contribution in [0.4, 0.5) is 73.9 Å². The van der Waals surface area contributed by atoms with Gasteiger partial charge in [-0.05, 0) is 166 Å². The van der Waals surface area contributed by atoms with Gasteiger partial charge in [0.15, 0.2) is 0 Å². The number of hydrogen-bond acceptors (Lipinski definition) is 9. The van der Waals surface area contributed by atoms with Crippen LogP contribution >= 0.6 is 22.7 Å². The van der Waals surface area contributed by atoms with E-state index in [9.17, 15) is 0 Å². The maximum absolute atomic E-state index is 7.65. The van der Waals surface area contributed by atoms with E-state index in [1.54, 1.807) is 0 Å². The van der Waals surface area contributed by atoms with Crippen LogP contribution in [-0.4, -0.2) is 20.1 Å². The van der Waals surface area contributed by atoms with E-state index in [1.165, 1.54) is 68.6 Å². The number of aryl methyl sites for hydroxylation is 2. The summed E-state index contributed by atoms with van der Waals surface area (Å²) in [6.45, 7) is 4.01. The van der Waals surface area contributed by atoms with Crippen LogP contribution in [0.2, 0.25) is 0 Å². The van der Waals surface area contributed by atoms with Gasteiger partial charge in [0, 0.05) is 110 Å². The third kappa shape index (κ3) is 6.55. The minimum Gasteiger partial charge on any atom is -0.458 e. The molecular weight excluding hydrogens is 1060 g/mol. The van der Waals surface area contributed by atoms with Gasteiger partial charge in [-0.2, -0.15) is 0 Å². The first kappa shape index (κ1) is 46.7. The van der Waals surface area contributed by atoms with Crippen LogP contribution in [0.3, 0.4) is 0 Å². The Hall–Kier alpha value is -9.87. The van der Waals surface area contributed by atoms with E-state index < -0.39 is 0 Å². The van der Waals surface area contributed by atoms with E-state index in [0.717, 1.165) is 107 Å². The van der Waals surface area contributed by atoms with Crippen molar-refractivity contribution in [3.05, 3.63) is 242 Å². The molecule has 2 aromatic heterocycles. The van der Waals surface area contributed by atoms with Crippen LogP contribution in [0.1, 0.15) is 11.1 Å². The van der Waals surface area contributed by atoms with Crippen LogP contribution < -0.4 is 82.6 Å². The number of thiophene rings is 2. The lowest BCUT2D eigenvalue weighted by Gasteiger charge is -2.45. The molecule has 0 fully saturated rings. The fourth-order valence-corrected chi connectivity index (χ4v) is 17.3. The highest BCUT2D eigenvalue weighted by atomic mass is 32.1. The number of para-hydroxylation sites is 4. The second-order valence-corrected chi connectivity index (χ2v) is 25.2. The van der Waals surface area contributed by atoms with Crippen molar-refractivity contribution in [2.24, 2.45) is 0 Å². The molecule has 0 amide bonds. The van der Waals surface area contributed by atoms with Crippen molar-refractivity contribution in [3.63, 3.8) is 0 Å². The number of rotatable bonds is 5. The van der Waals surface area contributed by atoms with Crippen molar-refractivity contribution in [3.8, 4) is 23.0 Å². The summed E-state index contributed by atoms with van der Waals surface area (Å²) in [7, 11) is 0. The highest BCUT2D eigenvalue weighted by molar-refractivity contribution is 7.34. The minimum absolute atomic E-state index is 0.0534. The summed E-state index contributed by atoms with van der Waals surface area (Å²) in [5.41, 5.74) is 25.2. The average molecular weight is 1110 g/mol. The average Bonchev–Trinajstić information content (AvgIpc) is 1.13. The van der Waals surface area contributed by atoms with E-state index in [-0.39, 0.29) is 20.1 Å². The quantitative estimate of drug-likeness (QED) is 0.167. The highest BCUT2D eigenvalue weighted by Gasteiger charge is 2.50. The van der Waals surface area contributed by atoms with Crippen molar-refractivity contribution in [2.75, 3.05) is 25.3 Å². The third-order valence-electron chi connectivity index (χ3n) is 18.1. The molecule has 0 spiro atoms. The Kier molecular flexibility index (Phi) is 9.64. The molecule has 0 saturated heterocycles. The number of benzene rings is 11. The smallest absolute Gasteiger partial charge is 0.268 e. The van der Waals surface area contributed by atoms with Gasteiger partial charge >= 0.3 is 0 Å². The van der Waals surface area contributed by atoms with Gasteiger partial charge < -0.3 is 34.8 Å². The number of ether oxygens (including phenoxy) is 2. The Morgan fingerprint density at radius 1 is 0.381 bits per heavy atom. The van der Waals surface area contributed by atoms with Crippen molar-refractivity contribution < 1.29 is 9.47 Å². The van der Waals surface area contributed by atoms with Crippen molar-refractivity contribution in [1.29, 1.82) is 0 Å². The van der Waals surface area contributed by atoms with Gasteiger partial charge in [-0.15, -0.1) is 22.7 Å². The first-order chi connectivity index (χ1) is 41.5. The normalized spacial score (nSPS) is 14.0. The Morgan fingerprint density at radius 3 is 1.56 bits per heavy atom. The zero-order valence-electron chi connectivity index (χ0n) is 45.6. The minimum atomic E-state index is -0.242. The number of nitrogens with one attached hydrogen (secondary N) is 2. The molecule has 19 rings (SSSR count). The molecular formula is C72H46B3N5O2S2. The summed E-state index contributed by atoms with van der Waals surface area (Å²) in [6, 6.07) is 84.8. The maximum Gasteiger partial charge on any atom is 0.268 e. The van der Waals surface area contributed by atoms with Gasteiger partial charge in [-0.25, -0.2) is 0 Å². The van der Waals surface area contributed by atoms with Crippen molar-refractivity contribution >= 4 is 185 Å². The Labute approximate surface area is 494 Å². The summed E-state index contributed by atoms with van der Waals surface area (Å²) in [5.74, 6) is 3.53. The van der Waals surface area contributed by atoms with Gasteiger partial charge in [-0.3, -0.25) is 0 Å². The summed E-state index contributed by atoms with van der Waals surface area (Å²) >= 11 is 3.77. The van der Waals surface area contributed by atoms with Crippen LogP contribution in [0.25, 0.3) is 20.2 Å². The second kappa shape index (κ2) is 17.3. The fraction of sp³-hybridized carbons (Fsp3) is 0.0278. The lowest BCUT2D eigenvalue weighted by Crippen LogP contribution is -2.65. The molecule has 0 aliphatic carbocycles. The molecule has 6 aliphatic rings. The fourth-order valence-electron chi connectivity index (χ4n) is 14.8. The molecule has 11 aromatic carbocycles. The SMILES string of the molecule is Cc1cc2c3c(c1)N(c1ccccc1)c1cc4c(cc1B3c1sc3ccccc3c1N2)B1c2cc3c(cc2Oc2cc(Nc5ccccc5)cc(c21)N4c1ccccc1)N(c1ccccc1)c1cc(C)cc2c1B3c1sc3ccccc3c1O2. The molecule has 0 unspecified atom stereocenters. The Balaban J connectivity index is 0.928. The predicted molar refractivity (Wildman–Crippen MR) is 357 cm³/mol. The summed E-state index contributed by atoms with van der Waals surface area (Å²) in [5, 5.41) is 10.3. The first-order valence-electron chi connectivity index (χ1n) is 28.8. The van der Waals surface area contributed by atoms with Crippen molar-refractivity contribution in [2.45, 2.75) is 13.8 Å². The number of fused-ring (bicyclic) bond motifs is 16. The molecule has 7 nitrogen and oxygen atoms in total. The lowest BCUT2D eigenvalue weighted by molar-refractivity contribution is 0.488. The van der Waals surface area contributed by atoms with E-state index in [1.807, 2.05) is 22.7 Å². The maximum atomic E-state index is 7.65. The predicted octanol–water partition coefficient (Wildman–Crippen LogP) is 13.6. The van der Waals surface area contributed by atoms with Crippen LogP contribution in [-0.2, 0) is 0 Å². The monoisotopic (exact) mass is 1110 g/mol. The Bertz CT molecular complexity index is 5000. The van der Waals surface area contributed by atoms with Crippen molar-refractivity contribution in [1.82, 2.24) is 0 Å². The number of hydrogen-bond donors (Lipinski definition) is 2. The summed E-state index contributed by atoms with van der Waals surface area (Å²) in [6.07, 6.45) is 0. The highest BCUT2D eigenvalue weighted by Crippen LogP contribution is 2.50. The van der Waals surface area contributed by atoms with Crippen LogP contribution in [0.5, 0.6) is 23.0 Å². The molecule has 0 atom stereocenters. The van der Waals surface area contributed by atoms with Gasteiger partial charge in [0.05, 0.1) is 5.69 Å². The number of nitrogens with zero attached hydrogens (tertiary/aromatic N) is 3. The molecule has 84 heavy (non-hydrogen) atoms.